The molecule has 0 aliphatic carbocycles. The van der Waals surface area contributed by atoms with Gasteiger partial charge >= 0.3 is 0 Å². The number of guanidine groups is 1. The highest BCUT2D eigenvalue weighted by Crippen LogP contribution is 2.13. The van der Waals surface area contributed by atoms with Gasteiger partial charge in [0, 0.05) is 31.4 Å². The first-order chi connectivity index (χ1) is 12.2. The van der Waals surface area contributed by atoms with E-state index in [0.717, 1.165) is 24.4 Å². The zero-order chi connectivity index (χ0) is 17.9. The molecule has 0 aliphatic rings. The van der Waals surface area contributed by atoms with Crippen LogP contribution in [-0.2, 0) is 13.0 Å². The molecule has 2 N–H and O–H groups in total. The standard InChI is InChI=1S/C20H28N4O/c1-4-25-19-18(11-8-14-22-19)15-23-20(21-3)24-16(2)12-13-17-9-6-5-7-10-17/h5-11,14,16H,4,12-13,15H2,1-3H3,(H2,21,23,24). The number of nitrogens with zero attached hydrogens (tertiary/aromatic N) is 2. The normalized spacial score (nSPS) is 12.5. The van der Waals surface area contributed by atoms with Gasteiger partial charge in [-0.3, -0.25) is 4.99 Å². The minimum Gasteiger partial charge on any atom is -0.478 e. The van der Waals surface area contributed by atoms with Gasteiger partial charge in [-0.1, -0.05) is 36.4 Å². The van der Waals surface area contributed by atoms with E-state index in [4.69, 9.17) is 4.74 Å². The van der Waals surface area contributed by atoms with Gasteiger partial charge in [-0.2, -0.15) is 0 Å². The number of ether oxygens (including phenoxy) is 1. The van der Waals surface area contributed by atoms with Crippen molar-refractivity contribution in [3.63, 3.8) is 0 Å². The number of aryl methyl sites for hydroxylation is 1. The van der Waals surface area contributed by atoms with Crippen molar-refractivity contribution in [2.75, 3.05) is 13.7 Å². The van der Waals surface area contributed by atoms with E-state index in [2.05, 4.69) is 51.8 Å². The molecule has 1 atom stereocenters. The number of pyridine rings is 1. The van der Waals surface area contributed by atoms with Crippen molar-refractivity contribution in [1.82, 2.24) is 15.6 Å². The quantitative estimate of drug-likeness (QED) is 0.572. The zero-order valence-electron chi connectivity index (χ0n) is 15.3. The van der Waals surface area contributed by atoms with E-state index < -0.39 is 0 Å². The first kappa shape index (κ1) is 18.8. The summed E-state index contributed by atoms with van der Waals surface area (Å²) >= 11 is 0. The fraction of sp³-hybridized carbons (Fsp3) is 0.400. The van der Waals surface area contributed by atoms with Crippen molar-refractivity contribution in [2.45, 2.75) is 39.3 Å². The summed E-state index contributed by atoms with van der Waals surface area (Å²) in [5, 5.41) is 6.77. The summed E-state index contributed by atoms with van der Waals surface area (Å²) in [6, 6.07) is 14.8. The summed E-state index contributed by atoms with van der Waals surface area (Å²) in [6.07, 6.45) is 3.83. The van der Waals surface area contributed by atoms with Crippen molar-refractivity contribution >= 4 is 5.96 Å². The van der Waals surface area contributed by atoms with E-state index in [-0.39, 0.29) is 0 Å². The lowest BCUT2D eigenvalue weighted by Gasteiger charge is -2.18. The third kappa shape index (κ3) is 6.45. The molecule has 1 aromatic heterocycles. The Morgan fingerprint density at radius 2 is 2.00 bits per heavy atom. The molecule has 1 heterocycles. The van der Waals surface area contributed by atoms with Gasteiger partial charge in [0.05, 0.1) is 6.61 Å². The van der Waals surface area contributed by atoms with Gasteiger partial charge < -0.3 is 15.4 Å². The number of rotatable bonds is 8. The lowest BCUT2D eigenvalue weighted by Crippen LogP contribution is -2.42. The molecule has 134 valence electrons. The molecule has 0 fully saturated rings. The smallest absolute Gasteiger partial charge is 0.218 e. The van der Waals surface area contributed by atoms with Crippen LogP contribution in [0.2, 0.25) is 0 Å². The van der Waals surface area contributed by atoms with Crippen LogP contribution in [0.5, 0.6) is 5.88 Å². The van der Waals surface area contributed by atoms with Gasteiger partial charge in [-0.25, -0.2) is 4.98 Å². The fourth-order valence-corrected chi connectivity index (χ4v) is 2.53. The van der Waals surface area contributed by atoms with E-state index in [9.17, 15) is 0 Å². The molecule has 0 amide bonds. The average Bonchev–Trinajstić information content (AvgIpc) is 2.65. The number of aromatic nitrogens is 1. The molecule has 0 radical (unpaired) electrons. The van der Waals surface area contributed by atoms with Crippen LogP contribution in [0.3, 0.4) is 0 Å². The maximum absolute atomic E-state index is 5.56. The predicted octanol–water partition coefficient (Wildman–Crippen LogP) is 3.17. The highest BCUT2D eigenvalue weighted by atomic mass is 16.5. The van der Waals surface area contributed by atoms with Crippen molar-refractivity contribution in [1.29, 1.82) is 0 Å². The van der Waals surface area contributed by atoms with E-state index in [1.807, 2.05) is 25.1 Å². The maximum Gasteiger partial charge on any atom is 0.218 e. The van der Waals surface area contributed by atoms with Crippen molar-refractivity contribution in [2.24, 2.45) is 4.99 Å². The van der Waals surface area contributed by atoms with Crippen LogP contribution in [0.1, 0.15) is 31.4 Å². The summed E-state index contributed by atoms with van der Waals surface area (Å²) in [4.78, 5) is 8.58. The highest BCUT2D eigenvalue weighted by molar-refractivity contribution is 5.79. The second kappa shape index (κ2) is 10.3. The zero-order valence-corrected chi connectivity index (χ0v) is 15.3. The van der Waals surface area contributed by atoms with Crippen LogP contribution < -0.4 is 15.4 Å². The SMILES string of the molecule is CCOc1ncccc1CNC(=NC)NC(C)CCc1ccccc1. The van der Waals surface area contributed by atoms with E-state index in [0.29, 0.717) is 25.1 Å². The van der Waals surface area contributed by atoms with Gasteiger partial charge in [-0.05, 0) is 38.3 Å². The molecule has 0 bridgehead atoms. The number of benzene rings is 1. The number of aliphatic imine (C=N–C) groups is 1. The van der Waals surface area contributed by atoms with Crippen LogP contribution >= 0.6 is 0 Å². The second-order valence-electron chi connectivity index (χ2n) is 5.90. The number of hydrogen-bond acceptors (Lipinski definition) is 3. The molecule has 0 saturated heterocycles. The average molecular weight is 340 g/mol. The van der Waals surface area contributed by atoms with E-state index in [1.54, 1.807) is 13.2 Å². The number of nitrogens with one attached hydrogen (secondary N) is 2. The van der Waals surface area contributed by atoms with Crippen LogP contribution in [0, 0.1) is 0 Å². The highest BCUT2D eigenvalue weighted by Gasteiger charge is 2.08. The fourth-order valence-electron chi connectivity index (χ4n) is 2.53. The predicted molar refractivity (Wildman–Crippen MR) is 103 cm³/mol. The largest absolute Gasteiger partial charge is 0.478 e. The molecule has 5 nitrogen and oxygen atoms in total. The molecular weight excluding hydrogens is 312 g/mol. The molecule has 2 aromatic rings. The van der Waals surface area contributed by atoms with Crippen LogP contribution in [0.4, 0.5) is 0 Å². The summed E-state index contributed by atoms with van der Waals surface area (Å²) < 4.78 is 5.56. The van der Waals surface area contributed by atoms with Crippen LogP contribution in [0.15, 0.2) is 53.7 Å². The van der Waals surface area contributed by atoms with Gasteiger partial charge in [0.15, 0.2) is 5.96 Å². The summed E-state index contributed by atoms with van der Waals surface area (Å²) in [5.74, 6) is 1.46. The Hall–Kier alpha value is -2.56. The van der Waals surface area contributed by atoms with Gasteiger partial charge in [0.25, 0.3) is 0 Å². The first-order valence-electron chi connectivity index (χ1n) is 8.80. The van der Waals surface area contributed by atoms with Gasteiger partial charge in [0.1, 0.15) is 0 Å². The summed E-state index contributed by atoms with van der Waals surface area (Å²) in [5.41, 5.74) is 2.38. The molecule has 25 heavy (non-hydrogen) atoms. The monoisotopic (exact) mass is 340 g/mol. The minimum absolute atomic E-state index is 0.326. The first-order valence-corrected chi connectivity index (χ1v) is 8.80. The molecule has 0 aliphatic heterocycles. The van der Waals surface area contributed by atoms with Crippen LogP contribution in [0.25, 0.3) is 0 Å². The topological polar surface area (TPSA) is 58.5 Å². The van der Waals surface area contributed by atoms with Crippen molar-refractivity contribution in [3.05, 3.63) is 59.8 Å². The molecule has 2 rings (SSSR count). The Labute approximate surface area is 150 Å². The third-order valence-corrected chi connectivity index (χ3v) is 3.89. The second-order valence-corrected chi connectivity index (χ2v) is 5.90. The molecule has 0 saturated carbocycles. The Kier molecular flexibility index (Phi) is 7.76. The van der Waals surface area contributed by atoms with Gasteiger partial charge in [0.2, 0.25) is 5.88 Å². The minimum atomic E-state index is 0.326. The summed E-state index contributed by atoms with van der Waals surface area (Å²) in [6.45, 7) is 5.36. The molecule has 1 unspecified atom stereocenters. The maximum atomic E-state index is 5.56. The Balaban J connectivity index is 1.82. The van der Waals surface area contributed by atoms with Crippen molar-refractivity contribution < 1.29 is 4.74 Å². The summed E-state index contributed by atoms with van der Waals surface area (Å²) in [7, 11) is 1.78. The van der Waals surface area contributed by atoms with E-state index in [1.165, 1.54) is 5.56 Å². The lowest BCUT2D eigenvalue weighted by molar-refractivity contribution is 0.322. The Morgan fingerprint density at radius 3 is 2.72 bits per heavy atom. The molecule has 5 heteroatoms. The number of hydrogen-bond donors (Lipinski definition) is 2. The Morgan fingerprint density at radius 1 is 1.20 bits per heavy atom. The molecular formula is C20H28N4O. The van der Waals surface area contributed by atoms with Crippen molar-refractivity contribution in [3.8, 4) is 5.88 Å². The van der Waals surface area contributed by atoms with Gasteiger partial charge in [-0.15, -0.1) is 0 Å². The molecule has 0 spiro atoms. The Bertz CT molecular complexity index is 658. The lowest BCUT2D eigenvalue weighted by atomic mass is 10.1. The third-order valence-electron chi connectivity index (χ3n) is 3.89. The van der Waals surface area contributed by atoms with Crippen LogP contribution in [-0.4, -0.2) is 30.6 Å². The van der Waals surface area contributed by atoms with E-state index >= 15 is 0 Å². The molecule has 1 aromatic carbocycles.